The van der Waals surface area contributed by atoms with Crippen molar-refractivity contribution in [1.82, 2.24) is 0 Å². The van der Waals surface area contributed by atoms with Crippen molar-refractivity contribution in [2.24, 2.45) is 0 Å². The summed E-state index contributed by atoms with van der Waals surface area (Å²) in [6.07, 6.45) is 0. The van der Waals surface area contributed by atoms with E-state index < -0.39 is 0 Å². The summed E-state index contributed by atoms with van der Waals surface area (Å²) >= 11 is 3.87. The molecule has 0 saturated heterocycles. The number of benzene rings is 9. The van der Waals surface area contributed by atoms with Crippen LogP contribution in [0.5, 0.6) is 0 Å². The van der Waals surface area contributed by atoms with Gasteiger partial charge >= 0.3 is 0 Å². The zero-order chi connectivity index (χ0) is 36.2. The molecule has 2 aromatic heterocycles. The summed E-state index contributed by atoms with van der Waals surface area (Å²) in [5.41, 5.74) is 16.2. The van der Waals surface area contributed by atoms with E-state index in [1.54, 1.807) is 0 Å². The Morgan fingerprint density at radius 2 is 0.818 bits per heavy atom. The van der Waals surface area contributed by atoms with Crippen LogP contribution in [0.15, 0.2) is 158 Å². The Balaban J connectivity index is 1.30. The van der Waals surface area contributed by atoms with Gasteiger partial charge in [-0.3, -0.25) is 0 Å². The van der Waals surface area contributed by atoms with E-state index in [4.69, 9.17) is 0 Å². The van der Waals surface area contributed by atoms with E-state index in [1.165, 1.54) is 129 Å². The first kappa shape index (κ1) is 30.3. The van der Waals surface area contributed by atoms with E-state index in [1.807, 2.05) is 22.7 Å². The molecular formula is C53H32S2. The summed E-state index contributed by atoms with van der Waals surface area (Å²) in [5.74, 6) is 0. The van der Waals surface area contributed by atoms with Crippen LogP contribution in [0.25, 0.3) is 118 Å². The summed E-state index contributed by atoms with van der Waals surface area (Å²) in [6.45, 7) is 4.83. The highest BCUT2D eigenvalue weighted by atomic mass is 32.1. The minimum absolute atomic E-state index is 0.130. The fourth-order valence-corrected chi connectivity index (χ4v) is 12.9. The molecule has 0 fully saturated rings. The van der Waals surface area contributed by atoms with Gasteiger partial charge in [-0.1, -0.05) is 147 Å². The lowest BCUT2D eigenvalue weighted by Gasteiger charge is -2.25. The fraction of sp³-hybridized carbons (Fsp3) is 0.0566. The Hall–Kier alpha value is -6.06. The van der Waals surface area contributed by atoms with Gasteiger partial charge in [-0.25, -0.2) is 0 Å². The van der Waals surface area contributed by atoms with Gasteiger partial charge in [-0.05, 0) is 101 Å². The minimum atomic E-state index is -0.130. The zero-order valence-corrected chi connectivity index (χ0v) is 32.0. The molecule has 0 saturated carbocycles. The lowest BCUT2D eigenvalue weighted by molar-refractivity contribution is 0.661. The number of hydrogen-bond acceptors (Lipinski definition) is 2. The van der Waals surface area contributed by atoms with Gasteiger partial charge < -0.3 is 0 Å². The third-order valence-electron chi connectivity index (χ3n) is 12.8. The molecule has 0 amide bonds. The first-order valence-corrected chi connectivity index (χ1v) is 20.8. The predicted octanol–water partition coefficient (Wildman–Crippen LogP) is 16.0. The van der Waals surface area contributed by atoms with Gasteiger partial charge in [-0.2, -0.15) is 0 Å². The molecule has 13 rings (SSSR count). The monoisotopic (exact) mass is 732 g/mol. The summed E-state index contributed by atoms with van der Waals surface area (Å²) in [6, 6.07) is 60.0. The molecule has 0 bridgehead atoms. The van der Waals surface area contributed by atoms with Crippen molar-refractivity contribution >= 4 is 84.6 Å². The van der Waals surface area contributed by atoms with Crippen LogP contribution in [-0.4, -0.2) is 0 Å². The van der Waals surface area contributed by atoms with Crippen LogP contribution in [0, 0.1) is 0 Å². The SMILES string of the molecule is CC1(C)c2ccccc2-c2cc3c(-c4cccc5c4sc4ccccc45)c4c(c(-c5cccc6c5sc5ccccc56)c3cc21)-c1cccc2cccc-4c12. The van der Waals surface area contributed by atoms with Crippen LogP contribution < -0.4 is 0 Å². The zero-order valence-electron chi connectivity index (χ0n) is 30.3. The average Bonchev–Trinajstić information content (AvgIpc) is 3.95. The lowest BCUT2D eigenvalue weighted by Crippen LogP contribution is -2.14. The molecule has 256 valence electrons. The van der Waals surface area contributed by atoms with E-state index in [-0.39, 0.29) is 5.41 Å². The molecule has 2 heteroatoms. The molecule has 2 heterocycles. The van der Waals surface area contributed by atoms with Crippen molar-refractivity contribution < 1.29 is 0 Å². The molecule has 9 aromatic carbocycles. The molecule has 0 radical (unpaired) electrons. The van der Waals surface area contributed by atoms with Gasteiger partial charge in [0, 0.05) is 56.9 Å². The molecule has 11 aromatic rings. The predicted molar refractivity (Wildman–Crippen MR) is 240 cm³/mol. The summed E-state index contributed by atoms with van der Waals surface area (Å²) in [4.78, 5) is 0. The molecule has 55 heavy (non-hydrogen) atoms. The van der Waals surface area contributed by atoms with E-state index >= 15 is 0 Å². The van der Waals surface area contributed by atoms with Gasteiger partial charge in [0.1, 0.15) is 0 Å². The van der Waals surface area contributed by atoms with Gasteiger partial charge in [0.15, 0.2) is 0 Å². The fourth-order valence-electron chi connectivity index (χ4n) is 10.4. The normalized spacial score (nSPS) is 13.8. The molecule has 2 aliphatic carbocycles. The summed E-state index contributed by atoms with van der Waals surface area (Å²) in [5, 5.41) is 10.7. The van der Waals surface area contributed by atoms with E-state index in [0.717, 1.165) is 0 Å². The maximum atomic E-state index is 2.60. The third-order valence-corrected chi connectivity index (χ3v) is 15.2. The first-order chi connectivity index (χ1) is 27.1. The molecular weight excluding hydrogens is 701 g/mol. The second-order valence-electron chi connectivity index (χ2n) is 15.9. The Morgan fingerprint density at radius 1 is 0.345 bits per heavy atom. The van der Waals surface area contributed by atoms with E-state index in [9.17, 15) is 0 Å². The average molecular weight is 733 g/mol. The molecule has 0 atom stereocenters. The Labute approximate surface area is 326 Å². The van der Waals surface area contributed by atoms with E-state index in [0.29, 0.717) is 0 Å². The number of thiophene rings is 2. The van der Waals surface area contributed by atoms with Crippen LogP contribution in [0.2, 0.25) is 0 Å². The number of hydrogen-bond donors (Lipinski definition) is 0. The number of fused-ring (bicyclic) bond motifs is 13. The van der Waals surface area contributed by atoms with Crippen molar-refractivity contribution in [2.75, 3.05) is 0 Å². The maximum absolute atomic E-state index is 2.60. The molecule has 0 nitrogen and oxygen atoms in total. The van der Waals surface area contributed by atoms with Gasteiger partial charge in [-0.15, -0.1) is 22.7 Å². The van der Waals surface area contributed by atoms with Crippen LogP contribution in [0.1, 0.15) is 25.0 Å². The topological polar surface area (TPSA) is 0 Å². The molecule has 0 N–H and O–H groups in total. The highest BCUT2D eigenvalue weighted by molar-refractivity contribution is 7.26. The first-order valence-electron chi connectivity index (χ1n) is 19.2. The number of rotatable bonds is 2. The van der Waals surface area contributed by atoms with Crippen LogP contribution in [0.3, 0.4) is 0 Å². The quantitative estimate of drug-likeness (QED) is 0.166. The Kier molecular flexibility index (Phi) is 5.82. The second kappa shape index (κ2) is 10.6. The minimum Gasteiger partial charge on any atom is -0.135 e. The van der Waals surface area contributed by atoms with E-state index in [2.05, 4.69) is 172 Å². The third kappa shape index (κ3) is 3.81. The summed E-state index contributed by atoms with van der Waals surface area (Å²) < 4.78 is 5.39. The second-order valence-corrected chi connectivity index (χ2v) is 18.0. The highest BCUT2D eigenvalue weighted by Gasteiger charge is 2.38. The van der Waals surface area contributed by atoms with Crippen LogP contribution in [0.4, 0.5) is 0 Å². The lowest BCUT2D eigenvalue weighted by atomic mass is 9.78. The standard InChI is InChI=1S/C53H32S2/c1-53(2)42-24-6-3-15-30(42)39-27-40-41(28-43(39)53)48(38-23-12-19-34-32-17-5-8-26-45(32)55-52(34)38)50-36-21-10-14-29-13-9-20-35(46(29)36)49(50)47(40)37-22-11-18-33-31-16-4-7-25-44(31)54-51(33)37/h3-28H,1-2H3. The molecule has 2 aliphatic rings. The van der Waals surface area contributed by atoms with Crippen molar-refractivity contribution in [1.29, 1.82) is 0 Å². The maximum Gasteiger partial charge on any atom is 0.0434 e. The van der Waals surface area contributed by atoms with Crippen molar-refractivity contribution in [3.63, 3.8) is 0 Å². The molecule has 0 aliphatic heterocycles. The Bertz CT molecular complexity index is 3510. The highest BCUT2D eigenvalue weighted by Crippen LogP contribution is 2.61. The van der Waals surface area contributed by atoms with Crippen LogP contribution in [-0.2, 0) is 5.41 Å². The largest absolute Gasteiger partial charge is 0.135 e. The summed E-state index contributed by atoms with van der Waals surface area (Å²) in [7, 11) is 0. The molecule has 0 unspecified atom stereocenters. The van der Waals surface area contributed by atoms with Crippen LogP contribution >= 0.6 is 22.7 Å². The van der Waals surface area contributed by atoms with Crippen molar-refractivity contribution in [2.45, 2.75) is 19.3 Å². The smallest absolute Gasteiger partial charge is 0.0434 e. The van der Waals surface area contributed by atoms with Gasteiger partial charge in [0.05, 0.1) is 0 Å². The van der Waals surface area contributed by atoms with Gasteiger partial charge in [0.2, 0.25) is 0 Å². The van der Waals surface area contributed by atoms with Gasteiger partial charge in [0.25, 0.3) is 0 Å². The van der Waals surface area contributed by atoms with Crippen molar-refractivity contribution in [3.05, 3.63) is 169 Å². The Morgan fingerprint density at radius 3 is 1.44 bits per heavy atom. The molecule has 0 spiro atoms. The van der Waals surface area contributed by atoms with Crippen molar-refractivity contribution in [3.8, 4) is 55.6 Å².